The van der Waals surface area contributed by atoms with Crippen molar-refractivity contribution in [1.82, 2.24) is 15.2 Å². The highest BCUT2D eigenvalue weighted by atomic mass is 32.2. The van der Waals surface area contributed by atoms with Gasteiger partial charge < -0.3 is 14.8 Å². The molecular weight excluding hydrogens is 560 g/mol. The van der Waals surface area contributed by atoms with Gasteiger partial charge in [-0.1, -0.05) is 6.07 Å². The van der Waals surface area contributed by atoms with Crippen molar-refractivity contribution in [2.45, 2.75) is 22.9 Å². The number of hydrogen-bond donors (Lipinski definition) is 1. The molecule has 204 valence electrons. The maximum Gasteiger partial charge on any atom is 0.435 e. The van der Waals surface area contributed by atoms with Gasteiger partial charge in [0.2, 0.25) is 5.75 Å². The number of pyridine rings is 1. The number of ether oxygens (including phenoxy) is 2. The van der Waals surface area contributed by atoms with Gasteiger partial charge in [0.05, 0.1) is 18.2 Å². The topological polar surface area (TPSA) is 155 Å². The SMILES string of the molecule is COc1c(Oc2nnc(C(F)(F)F)c(C)c2C(=O)Nc2cccc(S(C)(=O)=O)c2)ncc(S(C)(=O)=O)c1F. The highest BCUT2D eigenvalue weighted by Gasteiger charge is 2.38. The average Bonchev–Trinajstić information content (AvgIpc) is 2.77. The number of sulfone groups is 2. The molecule has 38 heavy (non-hydrogen) atoms. The quantitative estimate of drug-likeness (QED) is 0.413. The number of aromatic nitrogens is 3. The predicted molar refractivity (Wildman–Crippen MR) is 123 cm³/mol. The van der Waals surface area contributed by atoms with E-state index in [0.29, 0.717) is 12.5 Å². The zero-order chi connectivity index (χ0) is 28.6. The van der Waals surface area contributed by atoms with Crippen LogP contribution in [0.3, 0.4) is 0 Å². The van der Waals surface area contributed by atoms with E-state index in [1.165, 1.54) is 18.2 Å². The van der Waals surface area contributed by atoms with Gasteiger partial charge in [0.15, 0.2) is 31.2 Å². The lowest BCUT2D eigenvalue weighted by Gasteiger charge is -2.17. The van der Waals surface area contributed by atoms with Gasteiger partial charge in [-0.3, -0.25) is 4.79 Å². The highest BCUT2D eigenvalue weighted by Crippen LogP contribution is 2.38. The van der Waals surface area contributed by atoms with E-state index in [1.807, 2.05) is 0 Å². The largest absolute Gasteiger partial charge is 0.489 e. The summed E-state index contributed by atoms with van der Waals surface area (Å²) in [6, 6.07) is 4.90. The molecule has 0 unspecified atom stereocenters. The van der Waals surface area contributed by atoms with E-state index < -0.39 is 76.8 Å². The van der Waals surface area contributed by atoms with Gasteiger partial charge in [0.1, 0.15) is 10.5 Å². The van der Waals surface area contributed by atoms with E-state index in [9.17, 15) is 39.2 Å². The number of carbonyl (C=O) groups is 1. The molecule has 1 aromatic carbocycles. The number of alkyl halides is 3. The molecule has 0 bridgehead atoms. The lowest BCUT2D eigenvalue weighted by Crippen LogP contribution is -2.21. The average molecular weight is 579 g/mol. The molecule has 0 atom stereocenters. The van der Waals surface area contributed by atoms with Crippen LogP contribution >= 0.6 is 0 Å². The minimum atomic E-state index is -5.03. The van der Waals surface area contributed by atoms with Crippen molar-refractivity contribution < 1.29 is 48.7 Å². The standard InChI is InChI=1S/C21H18F4N4O7S2/c1-10-14(18(30)27-11-6-5-7-12(8-11)37(3,31)32)19(29-28-17(10)21(23,24)25)36-20-16(35-2)15(22)13(9-26-20)38(4,33)34/h5-9H,1-4H3,(H,27,30). The van der Waals surface area contributed by atoms with E-state index >= 15 is 0 Å². The summed E-state index contributed by atoms with van der Waals surface area (Å²) in [7, 11) is -6.82. The smallest absolute Gasteiger partial charge is 0.435 e. The van der Waals surface area contributed by atoms with Gasteiger partial charge in [-0.05, 0) is 30.7 Å². The molecule has 1 amide bonds. The molecule has 11 nitrogen and oxygen atoms in total. The van der Waals surface area contributed by atoms with Crippen molar-refractivity contribution in [2.24, 2.45) is 0 Å². The summed E-state index contributed by atoms with van der Waals surface area (Å²) >= 11 is 0. The third-order valence-corrected chi connectivity index (χ3v) is 7.10. The van der Waals surface area contributed by atoms with Crippen LogP contribution < -0.4 is 14.8 Å². The van der Waals surface area contributed by atoms with Crippen molar-refractivity contribution in [2.75, 3.05) is 24.9 Å². The van der Waals surface area contributed by atoms with Gasteiger partial charge in [0, 0.05) is 18.2 Å². The van der Waals surface area contributed by atoms with Crippen LogP contribution in [0.2, 0.25) is 0 Å². The second-order valence-electron chi connectivity index (χ2n) is 7.75. The summed E-state index contributed by atoms with van der Waals surface area (Å²) in [5.41, 5.74) is -3.15. The van der Waals surface area contributed by atoms with Crippen LogP contribution in [0.4, 0.5) is 23.2 Å². The van der Waals surface area contributed by atoms with E-state index in [0.717, 1.165) is 26.4 Å². The Kier molecular flexibility index (Phi) is 7.65. The zero-order valence-electron chi connectivity index (χ0n) is 19.9. The Morgan fingerprint density at radius 3 is 2.24 bits per heavy atom. The Hall–Kier alpha value is -3.86. The third kappa shape index (κ3) is 5.99. The highest BCUT2D eigenvalue weighted by molar-refractivity contribution is 7.91. The normalized spacial score (nSPS) is 12.2. The summed E-state index contributed by atoms with van der Waals surface area (Å²) in [4.78, 5) is 15.7. The van der Waals surface area contributed by atoms with Crippen LogP contribution in [0, 0.1) is 12.7 Å². The molecular formula is C21H18F4N4O7S2. The molecule has 2 heterocycles. The Labute approximate surface area is 213 Å². The first kappa shape index (κ1) is 28.7. The fourth-order valence-corrected chi connectivity index (χ4v) is 4.47. The molecule has 0 fully saturated rings. The van der Waals surface area contributed by atoms with Crippen LogP contribution in [-0.4, -0.2) is 57.5 Å². The number of amides is 1. The van der Waals surface area contributed by atoms with E-state index in [1.54, 1.807) is 0 Å². The first-order valence-corrected chi connectivity index (χ1v) is 13.9. The van der Waals surface area contributed by atoms with Crippen molar-refractivity contribution in [3.63, 3.8) is 0 Å². The predicted octanol–water partition coefficient (Wildman–Crippen LogP) is 3.20. The molecule has 0 aliphatic heterocycles. The lowest BCUT2D eigenvalue weighted by molar-refractivity contribution is -0.142. The number of rotatable bonds is 7. The molecule has 0 saturated heterocycles. The fourth-order valence-electron chi connectivity index (χ4n) is 3.14. The van der Waals surface area contributed by atoms with E-state index in [-0.39, 0.29) is 10.6 Å². The number of methoxy groups -OCH3 is 1. The molecule has 3 aromatic rings. The van der Waals surface area contributed by atoms with Gasteiger partial charge in [0.25, 0.3) is 17.7 Å². The monoisotopic (exact) mass is 578 g/mol. The van der Waals surface area contributed by atoms with Crippen LogP contribution in [0.15, 0.2) is 40.3 Å². The number of hydrogen-bond acceptors (Lipinski definition) is 10. The number of anilines is 1. The third-order valence-electron chi connectivity index (χ3n) is 4.91. The van der Waals surface area contributed by atoms with Gasteiger partial charge in [-0.25, -0.2) is 26.2 Å². The van der Waals surface area contributed by atoms with Crippen molar-refractivity contribution in [3.8, 4) is 17.5 Å². The Bertz CT molecular complexity index is 1640. The molecule has 17 heteroatoms. The summed E-state index contributed by atoms with van der Waals surface area (Å²) in [5.74, 6) is -5.07. The van der Waals surface area contributed by atoms with Crippen molar-refractivity contribution in [3.05, 3.63) is 53.1 Å². The summed E-state index contributed by atoms with van der Waals surface area (Å²) in [5, 5.41) is 8.63. The second-order valence-corrected chi connectivity index (χ2v) is 11.8. The van der Waals surface area contributed by atoms with Gasteiger partial charge >= 0.3 is 6.18 Å². The Morgan fingerprint density at radius 1 is 1.03 bits per heavy atom. The number of nitrogens with one attached hydrogen (secondary N) is 1. The zero-order valence-corrected chi connectivity index (χ0v) is 21.5. The minimum absolute atomic E-state index is 0.0899. The van der Waals surface area contributed by atoms with Crippen LogP contribution in [0.1, 0.15) is 21.6 Å². The summed E-state index contributed by atoms with van der Waals surface area (Å²) < 4.78 is 113. The van der Waals surface area contributed by atoms with Gasteiger partial charge in [-0.2, -0.15) is 13.2 Å². The number of carbonyl (C=O) groups excluding carboxylic acids is 1. The van der Waals surface area contributed by atoms with Crippen LogP contribution in [-0.2, 0) is 25.9 Å². The molecule has 3 rings (SSSR count). The number of benzene rings is 1. The first-order valence-electron chi connectivity index (χ1n) is 10.1. The summed E-state index contributed by atoms with van der Waals surface area (Å²) in [6.45, 7) is 0.907. The maximum atomic E-state index is 14.8. The van der Waals surface area contributed by atoms with Gasteiger partial charge in [-0.15, -0.1) is 10.2 Å². The van der Waals surface area contributed by atoms with E-state index in [2.05, 4.69) is 20.5 Å². The molecule has 0 aliphatic rings. The Morgan fingerprint density at radius 2 is 1.68 bits per heavy atom. The second kappa shape index (κ2) is 10.1. The molecule has 1 N–H and O–H groups in total. The minimum Gasteiger partial charge on any atom is -0.489 e. The van der Waals surface area contributed by atoms with Crippen LogP contribution in [0.5, 0.6) is 17.5 Å². The molecule has 0 spiro atoms. The summed E-state index contributed by atoms with van der Waals surface area (Å²) in [6.07, 6.45) is -2.82. The Balaban J connectivity index is 2.15. The maximum absolute atomic E-state index is 14.8. The molecule has 0 aliphatic carbocycles. The first-order chi connectivity index (χ1) is 17.4. The number of nitrogens with zero attached hydrogens (tertiary/aromatic N) is 3. The number of halogens is 4. The van der Waals surface area contributed by atoms with Crippen LogP contribution in [0.25, 0.3) is 0 Å². The molecule has 0 radical (unpaired) electrons. The molecule has 0 saturated carbocycles. The van der Waals surface area contributed by atoms with Crippen molar-refractivity contribution in [1.29, 1.82) is 0 Å². The lowest BCUT2D eigenvalue weighted by atomic mass is 10.1. The van der Waals surface area contributed by atoms with E-state index in [4.69, 9.17) is 9.47 Å². The fraction of sp³-hybridized carbons (Fsp3) is 0.238. The molecule has 2 aromatic heterocycles. The van der Waals surface area contributed by atoms with Crippen molar-refractivity contribution >= 4 is 31.3 Å².